The SMILES string of the molecule is O=c1oc(=O)c2ccc3c4cc(CO)ccc4oc4ccc1c2c43. The number of rotatable bonds is 1. The van der Waals surface area contributed by atoms with Crippen LogP contribution >= 0.6 is 0 Å². The van der Waals surface area contributed by atoms with Crippen LogP contribution in [-0.2, 0) is 6.61 Å². The Morgan fingerprint density at radius 3 is 2.12 bits per heavy atom. The molecule has 0 fully saturated rings. The zero-order valence-electron chi connectivity index (χ0n) is 12.3. The van der Waals surface area contributed by atoms with E-state index in [1.807, 2.05) is 18.2 Å². The molecule has 3 aromatic carbocycles. The molecule has 0 saturated carbocycles. The van der Waals surface area contributed by atoms with E-state index < -0.39 is 11.3 Å². The van der Waals surface area contributed by atoms with E-state index in [1.54, 1.807) is 24.3 Å². The average molecular weight is 318 g/mol. The molecule has 5 aromatic rings. The third kappa shape index (κ3) is 1.56. The van der Waals surface area contributed by atoms with E-state index in [2.05, 4.69) is 0 Å². The fourth-order valence-corrected chi connectivity index (χ4v) is 3.40. The van der Waals surface area contributed by atoms with Crippen LogP contribution in [0.15, 0.2) is 60.9 Å². The van der Waals surface area contributed by atoms with Gasteiger partial charge in [-0.25, -0.2) is 9.59 Å². The first kappa shape index (κ1) is 13.3. The summed E-state index contributed by atoms with van der Waals surface area (Å²) in [6.45, 7) is -0.0772. The molecule has 0 unspecified atom stereocenters. The van der Waals surface area contributed by atoms with E-state index in [4.69, 9.17) is 8.83 Å². The molecule has 0 atom stereocenters. The first-order chi connectivity index (χ1) is 11.7. The zero-order chi connectivity index (χ0) is 16.4. The van der Waals surface area contributed by atoms with Gasteiger partial charge in [-0.3, -0.25) is 0 Å². The Labute approximate surface area is 133 Å². The second-order valence-electron chi connectivity index (χ2n) is 5.79. The van der Waals surface area contributed by atoms with Crippen LogP contribution < -0.4 is 11.3 Å². The molecule has 0 bridgehead atoms. The molecule has 0 spiro atoms. The number of hydrogen-bond donors (Lipinski definition) is 1. The van der Waals surface area contributed by atoms with Crippen LogP contribution in [0.5, 0.6) is 0 Å². The van der Waals surface area contributed by atoms with Gasteiger partial charge in [0.1, 0.15) is 11.2 Å². The van der Waals surface area contributed by atoms with Crippen molar-refractivity contribution in [2.45, 2.75) is 6.61 Å². The quantitative estimate of drug-likeness (QED) is 0.379. The van der Waals surface area contributed by atoms with E-state index in [0.717, 1.165) is 21.7 Å². The average Bonchev–Trinajstić information content (AvgIpc) is 2.60. The number of fused-ring (bicyclic) bond motifs is 2. The van der Waals surface area contributed by atoms with Gasteiger partial charge < -0.3 is 13.9 Å². The van der Waals surface area contributed by atoms with Crippen molar-refractivity contribution in [3.63, 3.8) is 0 Å². The molecule has 0 saturated heterocycles. The molecule has 5 nitrogen and oxygen atoms in total. The van der Waals surface area contributed by atoms with Crippen molar-refractivity contribution in [3.05, 3.63) is 68.9 Å². The van der Waals surface area contributed by atoms with Crippen LogP contribution in [0.3, 0.4) is 0 Å². The summed E-state index contributed by atoms with van der Waals surface area (Å²) in [4.78, 5) is 24.1. The molecule has 5 heteroatoms. The molecule has 2 aromatic heterocycles. The van der Waals surface area contributed by atoms with Gasteiger partial charge in [0, 0.05) is 16.2 Å². The molecule has 0 aliphatic carbocycles. The third-order valence-corrected chi connectivity index (χ3v) is 4.48. The molecule has 5 rings (SSSR count). The van der Waals surface area contributed by atoms with Gasteiger partial charge in [0.2, 0.25) is 0 Å². The molecule has 116 valence electrons. The lowest BCUT2D eigenvalue weighted by atomic mass is 9.96. The van der Waals surface area contributed by atoms with Crippen LogP contribution in [0.4, 0.5) is 0 Å². The Bertz CT molecular complexity index is 1340. The number of benzene rings is 3. The highest BCUT2D eigenvalue weighted by Crippen LogP contribution is 2.36. The van der Waals surface area contributed by atoms with Gasteiger partial charge in [-0.1, -0.05) is 12.1 Å². The Kier molecular flexibility index (Phi) is 2.45. The summed E-state index contributed by atoms with van der Waals surface area (Å²) >= 11 is 0. The minimum atomic E-state index is -0.647. The standard InChI is InChI=1S/C19H10O5/c20-8-9-1-5-14-13(7-9)10-2-3-11-16-12(19(22)24-18(11)21)4-6-15(23-14)17(10)16/h1-7,20H,8H2. The fraction of sp³-hybridized carbons (Fsp3) is 0.0526. The molecule has 0 aliphatic rings. The first-order valence-corrected chi connectivity index (χ1v) is 7.45. The zero-order valence-corrected chi connectivity index (χ0v) is 12.3. The van der Waals surface area contributed by atoms with Gasteiger partial charge in [0.05, 0.1) is 17.4 Å². The van der Waals surface area contributed by atoms with Crippen molar-refractivity contribution in [2.75, 3.05) is 0 Å². The monoisotopic (exact) mass is 318 g/mol. The molecule has 0 radical (unpaired) electrons. The van der Waals surface area contributed by atoms with Crippen molar-refractivity contribution >= 4 is 43.5 Å². The molecule has 0 amide bonds. The third-order valence-electron chi connectivity index (χ3n) is 4.48. The number of aliphatic hydroxyl groups excluding tert-OH is 1. The van der Waals surface area contributed by atoms with E-state index in [0.29, 0.717) is 27.3 Å². The molecular weight excluding hydrogens is 308 g/mol. The van der Waals surface area contributed by atoms with Gasteiger partial charge in [-0.2, -0.15) is 0 Å². The van der Waals surface area contributed by atoms with E-state index >= 15 is 0 Å². The summed E-state index contributed by atoms with van der Waals surface area (Å²) in [6, 6.07) is 12.3. The Morgan fingerprint density at radius 2 is 1.38 bits per heavy atom. The maximum atomic E-state index is 12.0. The van der Waals surface area contributed by atoms with Crippen LogP contribution in [0.25, 0.3) is 43.5 Å². The topological polar surface area (TPSA) is 80.7 Å². The smallest absolute Gasteiger partial charge is 0.346 e. The molecule has 0 aliphatic heterocycles. The number of aliphatic hydroxyl groups is 1. The van der Waals surface area contributed by atoms with Crippen molar-refractivity contribution < 1.29 is 13.9 Å². The van der Waals surface area contributed by atoms with Gasteiger partial charge in [-0.05, 0) is 41.3 Å². The highest BCUT2D eigenvalue weighted by molar-refractivity contribution is 6.26. The Morgan fingerprint density at radius 1 is 0.708 bits per heavy atom. The molecular formula is C19H10O5. The lowest BCUT2D eigenvalue weighted by Crippen LogP contribution is -2.12. The van der Waals surface area contributed by atoms with Crippen molar-refractivity contribution in [3.8, 4) is 0 Å². The van der Waals surface area contributed by atoms with Gasteiger partial charge in [0.25, 0.3) is 0 Å². The summed E-state index contributed by atoms with van der Waals surface area (Å²) in [7, 11) is 0. The van der Waals surface area contributed by atoms with Gasteiger partial charge >= 0.3 is 11.3 Å². The van der Waals surface area contributed by atoms with E-state index in [1.165, 1.54) is 0 Å². The minimum Gasteiger partial charge on any atom is -0.456 e. The molecule has 1 N–H and O–H groups in total. The molecule has 24 heavy (non-hydrogen) atoms. The highest BCUT2D eigenvalue weighted by atomic mass is 16.4. The second kappa shape index (κ2) is 4.43. The summed E-state index contributed by atoms with van der Waals surface area (Å²) in [5.74, 6) is 0. The second-order valence-corrected chi connectivity index (χ2v) is 5.79. The maximum Gasteiger partial charge on any atom is 0.346 e. The minimum absolute atomic E-state index is 0.0772. The Hall–Kier alpha value is -3.18. The normalized spacial score (nSPS) is 12.0. The van der Waals surface area contributed by atoms with Crippen LogP contribution in [0.1, 0.15) is 5.56 Å². The Balaban J connectivity index is 2.16. The largest absolute Gasteiger partial charge is 0.456 e. The fourth-order valence-electron chi connectivity index (χ4n) is 3.40. The van der Waals surface area contributed by atoms with Crippen LogP contribution in [-0.4, -0.2) is 5.11 Å². The summed E-state index contributed by atoms with van der Waals surface area (Å²) in [5, 5.41) is 13.1. The molecule has 2 heterocycles. The predicted octanol–water partition coefficient (Wildman–Crippen LogP) is 3.14. The number of hydrogen-bond acceptors (Lipinski definition) is 5. The van der Waals surface area contributed by atoms with Crippen molar-refractivity contribution in [1.82, 2.24) is 0 Å². The van der Waals surface area contributed by atoms with Crippen molar-refractivity contribution in [2.24, 2.45) is 0 Å². The predicted molar refractivity (Wildman–Crippen MR) is 90.6 cm³/mol. The summed E-state index contributed by atoms with van der Waals surface area (Å²) in [6.07, 6.45) is 0. The van der Waals surface area contributed by atoms with Crippen LogP contribution in [0, 0.1) is 0 Å². The lowest BCUT2D eigenvalue weighted by molar-refractivity contribution is 0.282. The summed E-state index contributed by atoms with van der Waals surface area (Å²) < 4.78 is 10.7. The van der Waals surface area contributed by atoms with Gasteiger partial charge in [0.15, 0.2) is 0 Å². The van der Waals surface area contributed by atoms with E-state index in [-0.39, 0.29) is 6.61 Å². The van der Waals surface area contributed by atoms with Crippen molar-refractivity contribution in [1.29, 1.82) is 0 Å². The summed E-state index contributed by atoms with van der Waals surface area (Å²) in [5.41, 5.74) is 0.735. The maximum absolute atomic E-state index is 12.0. The van der Waals surface area contributed by atoms with Gasteiger partial charge in [-0.15, -0.1) is 0 Å². The first-order valence-electron chi connectivity index (χ1n) is 7.45. The van der Waals surface area contributed by atoms with E-state index in [9.17, 15) is 14.7 Å². The highest BCUT2D eigenvalue weighted by Gasteiger charge is 2.17. The van der Waals surface area contributed by atoms with Crippen LogP contribution in [0.2, 0.25) is 0 Å². The lowest BCUT2D eigenvalue weighted by Gasteiger charge is -2.11.